The molecule has 1 nitrogen and oxygen atoms in total. The maximum absolute atomic E-state index is 10.7. The molecule has 0 heterocycles. The second-order valence-electron chi connectivity index (χ2n) is 6.33. The lowest BCUT2D eigenvalue weighted by Gasteiger charge is -2.42. The molecule has 88 valence electrons. The molecular formula is C14H26O. The lowest BCUT2D eigenvalue weighted by molar-refractivity contribution is -0.0761. The van der Waals surface area contributed by atoms with Crippen LogP contribution in [0.4, 0.5) is 0 Å². The second-order valence-corrected chi connectivity index (χ2v) is 6.33. The predicted molar refractivity (Wildman–Crippen MR) is 63.7 cm³/mol. The van der Waals surface area contributed by atoms with E-state index >= 15 is 0 Å². The zero-order chi connectivity index (χ0) is 11.1. The summed E-state index contributed by atoms with van der Waals surface area (Å²) in [5.41, 5.74) is -0.150. The zero-order valence-corrected chi connectivity index (χ0v) is 10.6. The maximum atomic E-state index is 10.7. The van der Waals surface area contributed by atoms with Crippen molar-refractivity contribution in [3.8, 4) is 0 Å². The van der Waals surface area contributed by atoms with E-state index in [1.54, 1.807) is 0 Å². The molecule has 0 amide bonds. The van der Waals surface area contributed by atoms with Gasteiger partial charge in [0.15, 0.2) is 0 Å². The Kier molecular flexibility index (Phi) is 2.87. The minimum atomic E-state index is -0.397. The molecule has 0 radical (unpaired) electrons. The third kappa shape index (κ3) is 1.95. The van der Waals surface area contributed by atoms with Gasteiger partial charge >= 0.3 is 0 Å². The van der Waals surface area contributed by atoms with Crippen LogP contribution in [0.15, 0.2) is 0 Å². The first kappa shape index (κ1) is 11.4. The average molecular weight is 210 g/mol. The molecule has 0 aliphatic heterocycles. The molecule has 15 heavy (non-hydrogen) atoms. The van der Waals surface area contributed by atoms with Crippen LogP contribution >= 0.6 is 0 Å². The van der Waals surface area contributed by atoms with Crippen LogP contribution in [0, 0.1) is 17.3 Å². The normalized spacial score (nSPS) is 38.4. The minimum absolute atomic E-state index is 0.247. The Balaban J connectivity index is 1.95. The summed E-state index contributed by atoms with van der Waals surface area (Å²) >= 11 is 0. The number of rotatable bonds is 3. The van der Waals surface area contributed by atoms with Gasteiger partial charge in [-0.3, -0.25) is 0 Å². The summed E-state index contributed by atoms with van der Waals surface area (Å²) < 4.78 is 0. The molecule has 2 rings (SSSR count). The molecule has 0 saturated heterocycles. The fourth-order valence-electron chi connectivity index (χ4n) is 3.32. The zero-order valence-electron chi connectivity index (χ0n) is 10.6. The molecule has 0 aromatic heterocycles. The van der Waals surface area contributed by atoms with Crippen molar-refractivity contribution in [2.45, 2.75) is 71.3 Å². The van der Waals surface area contributed by atoms with Crippen LogP contribution in [-0.4, -0.2) is 10.7 Å². The van der Waals surface area contributed by atoms with E-state index in [4.69, 9.17) is 0 Å². The van der Waals surface area contributed by atoms with Crippen LogP contribution in [0.1, 0.15) is 65.7 Å². The van der Waals surface area contributed by atoms with Crippen molar-refractivity contribution in [2.75, 3.05) is 0 Å². The largest absolute Gasteiger partial charge is 0.389 e. The third-order valence-electron chi connectivity index (χ3n) is 5.44. The van der Waals surface area contributed by atoms with Gasteiger partial charge in [-0.1, -0.05) is 33.1 Å². The number of hydrogen-bond donors (Lipinski definition) is 1. The van der Waals surface area contributed by atoms with Crippen molar-refractivity contribution < 1.29 is 5.11 Å². The molecule has 2 saturated carbocycles. The van der Waals surface area contributed by atoms with E-state index in [1.807, 2.05) is 0 Å². The van der Waals surface area contributed by atoms with Gasteiger partial charge in [-0.25, -0.2) is 0 Å². The van der Waals surface area contributed by atoms with Gasteiger partial charge in [0.05, 0.1) is 5.60 Å². The van der Waals surface area contributed by atoms with Crippen molar-refractivity contribution in [1.82, 2.24) is 0 Å². The summed E-state index contributed by atoms with van der Waals surface area (Å²) in [5.74, 6) is 1.50. The Labute approximate surface area is 94.3 Å². The highest BCUT2D eigenvalue weighted by molar-refractivity contribution is 5.06. The smallest absolute Gasteiger partial charge is 0.0701 e. The first-order chi connectivity index (χ1) is 6.99. The van der Waals surface area contributed by atoms with E-state index in [1.165, 1.54) is 44.9 Å². The summed E-state index contributed by atoms with van der Waals surface area (Å²) in [6.45, 7) is 6.65. The highest BCUT2D eigenvalue weighted by Crippen LogP contribution is 2.58. The Morgan fingerprint density at radius 3 is 2.13 bits per heavy atom. The standard InChI is InChI=1S/C14H26O/c1-4-11-5-7-12(8-6-11)14(3,15)13(2)9-10-13/h11-12,15H,4-10H2,1-3H3. The van der Waals surface area contributed by atoms with Crippen molar-refractivity contribution in [1.29, 1.82) is 0 Å². The van der Waals surface area contributed by atoms with E-state index in [-0.39, 0.29) is 5.41 Å². The van der Waals surface area contributed by atoms with Gasteiger partial charge in [0, 0.05) is 0 Å². The predicted octanol–water partition coefficient (Wildman–Crippen LogP) is 3.75. The van der Waals surface area contributed by atoms with Crippen molar-refractivity contribution in [3.63, 3.8) is 0 Å². The van der Waals surface area contributed by atoms with Crippen molar-refractivity contribution >= 4 is 0 Å². The van der Waals surface area contributed by atoms with Gasteiger partial charge in [-0.15, -0.1) is 0 Å². The second kappa shape index (κ2) is 3.76. The monoisotopic (exact) mass is 210 g/mol. The fraction of sp³-hybridized carbons (Fsp3) is 1.00. The molecule has 0 aromatic rings. The SMILES string of the molecule is CCC1CCC(C(C)(O)C2(C)CC2)CC1. The lowest BCUT2D eigenvalue weighted by atomic mass is 9.68. The Bertz CT molecular complexity index is 219. The first-order valence-corrected chi connectivity index (χ1v) is 6.72. The van der Waals surface area contributed by atoms with Gasteiger partial charge in [0.1, 0.15) is 0 Å². The molecular weight excluding hydrogens is 184 g/mol. The topological polar surface area (TPSA) is 20.2 Å². The first-order valence-electron chi connectivity index (χ1n) is 6.72. The van der Waals surface area contributed by atoms with Crippen LogP contribution in [0.25, 0.3) is 0 Å². The third-order valence-corrected chi connectivity index (χ3v) is 5.44. The van der Waals surface area contributed by atoms with Crippen LogP contribution < -0.4 is 0 Å². The molecule has 1 heteroatoms. The lowest BCUT2D eigenvalue weighted by Crippen LogP contribution is -2.44. The molecule has 0 bridgehead atoms. The molecule has 0 spiro atoms. The highest BCUT2D eigenvalue weighted by Gasteiger charge is 2.55. The minimum Gasteiger partial charge on any atom is -0.389 e. The Hall–Kier alpha value is -0.0400. The molecule has 1 unspecified atom stereocenters. The Morgan fingerprint density at radius 1 is 1.20 bits per heavy atom. The van der Waals surface area contributed by atoms with E-state index < -0.39 is 5.60 Å². The van der Waals surface area contributed by atoms with Crippen LogP contribution in [0.2, 0.25) is 0 Å². The van der Waals surface area contributed by atoms with E-state index in [2.05, 4.69) is 20.8 Å². The van der Waals surface area contributed by atoms with Crippen LogP contribution in [-0.2, 0) is 0 Å². The molecule has 0 aromatic carbocycles. The molecule has 1 atom stereocenters. The van der Waals surface area contributed by atoms with Gasteiger partial charge < -0.3 is 5.11 Å². The molecule has 2 aliphatic rings. The molecule has 2 fully saturated rings. The van der Waals surface area contributed by atoms with Gasteiger partial charge in [-0.2, -0.15) is 0 Å². The van der Waals surface area contributed by atoms with Crippen molar-refractivity contribution in [3.05, 3.63) is 0 Å². The summed E-state index contributed by atoms with van der Waals surface area (Å²) in [6, 6.07) is 0. The van der Waals surface area contributed by atoms with Gasteiger partial charge in [-0.05, 0) is 49.9 Å². The maximum Gasteiger partial charge on any atom is 0.0701 e. The van der Waals surface area contributed by atoms with Crippen LogP contribution in [0.5, 0.6) is 0 Å². The summed E-state index contributed by atoms with van der Waals surface area (Å²) in [6.07, 6.45) is 8.97. The Morgan fingerprint density at radius 2 is 1.73 bits per heavy atom. The van der Waals surface area contributed by atoms with E-state index in [0.717, 1.165) is 5.92 Å². The van der Waals surface area contributed by atoms with Gasteiger partial charge in [0.25, 0.3) is 0 Å². The fourth-order valence-corrected chi connectivity index (χ4v) is 3.32. The van der Waals surface area contributed by atoms with E-state index in [9.17, 15) is 5.11 Å². The summed E-state index contributed by atoms with van der Waals surface area (Å²) in [5, 5.41) is 10.7. The highest BCUT2D eigenvalue weighted by atomic mass is 16.3. The summed E-state index contributed by atoms with van der Waals surface area (Å²) in [4.78, 5) is 0. The quantitative estimate of drug-likeness (QED) is 0.752. The molecule has 2 aliphatic carbocycles. The summed E-state index contributed by atoms with van der Waals surface area (Å²) in [7, 11) is 0. The van der Waals surface area contributed by atoms with Crippen LogP contribution in [0.3, 0.4) is 0 Å². The van der Waals surface area contributed by atoms with E-state index in [0.29, 0.717) is 5.92 Å². The molecule has 1 N–H and O–H groups in total. The van der Waals surface area contributed by atoms with Crippen molar-refractivity contribution in [2.24, 2.45) is 17.3 Å². The van der Waals surface area contributed by atoms with Gasteiger partial charge in [0.2, 0.25) is 0 Å². The number of aliphatic hydroxyl groups is 1. The average Bonchev–Trinajstić information content (AvgIpc) is 2.98. The number of hydrogen-bond acceptors (Lipinski definition) is 1.